The Labute approximate surface area is 118 Å². The summed E-state index contributed by atoms with van der Waals surface area (Å²) in [7, 11) is 1.63. The van der Waals surface area contributed by atoms with Crippen molar-refractivity contribution in [2.75, 3.05) is 12.8 Å². The van der Waals surface area contributed by atoms with E-state index < -0.39 is 0 Å². The Morgan fingerprint density at radius 1 is 1.25 bits per heavy atom. The number of hydrogen-bond donors (Lipinski definition) is 2. The van der Waals surface area contributed by atoms with Gasteiger partial charge in [-0.25, -0.2) is 4.98 Å². The maximum atomic E-state index is 6.04. The van der Waals surface area contributed by atoms with Crippen LogP contribution in [0.25, 0.3) is 11.4 Å². The number of nitrogens with zero attached hydrogens (tertiary/aromatic N) is 2. The molecule has 0 bridgehead atoms. The summed E-state index contributed by atoms with van der Waals surface area (Å²) in [6.45, 7) is 0. The number of hydrogen-bond acceptors (Lipinski definition) is 4. The number of nitrogen functional groups attached to an aromatic ring is 1. The van der Waals surface area contributed by atoms with Gasteiger partial charge in [0.05, 0.1) is 7.11 Å². The van der Waals surface area contributed by atoms with Crippen LogP contribution in [0.1, 0.15) is 43.8 Å². The van der Waals surface area contributed by atoms with Crippen LogP contribution in [0.15, 0.2) is 18.2 Å². The van der Waals surface area contributed by atoms with Gasteiger partial charge in [-0.3, -0.25) is 5.10 Å². The zero-order valence-electron chi connectivity index (χ0n) is 11.7. The summed E-state index contributed by atoms with van der Waals surface area (Å²) in [5.41, 5.74) is 7.53. The minimum Gasteiger partial charge on any atom is -0.497 e. The molecule has 3 N–H and O–H groups in total. The molecule has 20 heavy (non-hydrogen) atoms. The third-order valence-corrected chi connectivity index (χ3v) is 3.99. The molecule has 0 amide bonds. The second-order valence-corrected chi connectivity index (χ2v) is 5.33. The van der Waals surface area contributed by atoms with E-state index in [4.69, 9.17) is 10.5 Å². The van der Waals surface area contributed by atoms with Gasteiger partial charge < -0.3 is 10.5 Å². The Bertz CT molecular complexity index is 587. The Balaban J connectivity index is 1.85. The summed E-state index contributed by atoms with van der Waals surface area (Å²) >= 11 is 0. The minimum atomic E-state index is 0.518. The second-order valence-electron chi connectivity index (χ2n) is 5.33. The third-order valence-electron chi connectivity index (χ3n) is 3.99. The Morgan fingerprint density at radius 3 is 2.75 bits per heavy atom. The highest BCUT2D eigenvalue weighted by Gasteiger charge is 2.20. The highest BCUT2D eigenvalue weighted by molar-refractivity contribution is 5.72. The van der Waals surface area contributed by atoms with E-state index in [-0.39, 0.29) is 0 Å². The van der Waals surface area contributed by atoms with Crippen molar-refractivity contribution in [3.8, 4) is 17.1 Å². The van der Waals surface area contributed by atoms with Crippen LogP contribution in [0.5, 0.6) is 5.75 Å². The molecule has 0 radical (unpaired) electrons. The van der Waals surface area contributed by atoms with Gasteiger partial charge in [-0.2, -0.15) is 5.10 Å². The first-order chi connectivity index (χ1) is 9.78. The molecular weight excluding hydrogens is 252 g/mol. The van der Waals surface area contributed by atoms with Crippen molar-refractivity contribution in [3.05, 3.63) is 24.0 Å². The van der Waals surface area contributed by atoms with Crippen LogP contribution in [0.2, 0.25) is 0 Å². The molecule has 1 aliphatic rings. The van der Waals surface area contributed by atoms with Crippen molar-refractivity contribution in [2.24, 2.45) is 0 Å². The fourth-order valence-corrected chi connectivity index (χ4v) is 2.82. The van der Waals surface area contributed by atoms with Gasteiger partial charge in [-0.15, -0.1) is 0 Å². The monoisotopic (exact) mass is 272 g/mol. The molecule has 1 aromatic heterocycles. The molecule has 1 aromatic carbocycles. The molecule has 1 aliphatic carbocycles. The molecule has 5 nitrogen and oxygen atoms in total. The molecule has 3 rings (SSSR count). The number of nitrogens with one attached hydrogen (secondary N) is 1. The van der Waals surface area contributed by atoms with E-state index in [1.165, 1.54) is 32.1 Å². The molecule has 1 heterocycles. The van der Waals surface area contributed by atoms with Gasteiger partial charge in [-0.1, -0.05) is 19.3 Å². The number of benzene rings is 1. The molecule has 0 spiro atoms. The van der Waals surface area contributed by atoms with Gasteiger partial charge in [0, 0.05) is 23.2 Å². The lowest BCUT2D eigenvalue weighted by atomic mass is 9.89. The molecule has 5 heteroatoms. The van der Waals surface area contributed by atoms with Crippen molar-refractivity contribution < 1.29 is 4.74 Å². The van der Waals surface area contributed by atoms with Gasteiger partial charge in [0.15, 0.2) is 5.82 Å². The maximum absolute atomic E-state index is 6.04. The number of anilines is 1. The highest BCUT2D eigenvalue weighted by atomic mass is 16.5. The third kappa shape index (κ3) is 2.48. The van der Waals surface area contributed by atoms with Crippen molar-refractivity contribution in [2.45, 2.75) is 38.0 Å². The summed E-state index contributed by atoms with van der Waals surface area (Å²) in [6, 6.07) is 5.58. The molecule has 0 aliphatic heterocycles. The largest absolute Gasteiger partial charge is 0.497 e. The van der Waals surface area contributed by atoms with Gasteiger partial charge in [0.1, 0.15) is 11.6 Å². The van der Waals surface area contributed by atoms with Crippen LogP contribution in [-0.2, 0) is 0 Å². The molecule has 2 aromatic rings. The second kappa shape index (κ2) is 5.53. The van der Waals surface area contributed by atoms with Crippen LogP contribution in [0.4, 0.5) is 5.69 Å². The SMILES string of the molecule is COc1ccc(-c2n[nH]c(C3CCCCC3)n2)c(N)c1. The van der Waals surface area contributed by atoms with Gasteiger partial charge in [0.25, 0.3) is 0 Å². The number of rotatable bonds is 3. The van der Waals surface area contributed by atoms with Crippen LogP contribution in [0, 0.1) is 0 Å². The zero-order valence-corrected chi connectivity index (χ0v) is 11.7. The van der Waals surface area contributed by atoms with Crippen molar-refractivity contribution in [1.82, 2.24) is 15.2 Å². The van der Waals surface area contributed by atoms with Crippen LogP contribution >= 0.6 is 0 Å². The summed E-state index contributed by atoms with van der Waals surface area (Å²) in [6.07, 6.45) is 6.30. The number of H-pyrrole nitrogens is 1. The van der Waals surface area contributed by atoms with Crippen LogP contribution in [0.3, 0.4) is 0 Å². The number of aromatic amines is 1. The molecule has 0 saturated heterocycles. The van der Waals surface area contributed by atoms with Gasteiger partial charge in [0.2, 0.25) is 0 Å². The topological polar surface area (TPSA) is 76.8 Å². The molecule has 0 unspecified atom stereocenters. The normalized spacial score (nSPS) is 16.2. The first-order valence-corrected chi connectivity index (χ1v) is 7.14. The molecule has 1 saturated carbocycles. The molecular formula is C15H20N4O. The quantitative estimate of drug-likeness (QED) is 0.842. The predicted molar refractivity (Wildman–Crippen MR) is 78.6 cm³/mol. The van der Waals surface area contributed by atoms with Crippen molar-refractivity contribution in [3.63, 3.8) is 0 Å². The predicted octanol–water partition coefficient (Wildman–Crippen LogP) is 3.11. The standard InChI is InChI=1S/C15H20N4O/c1-20-11-7-8-12(13(16)9-11)15-17-14(18-19-15)10-5-3-2-4-6-10/h7-10H,2-6,16H2,1H3,(H,17,18,19). The Hall–Kier alpha value is -2.04. The van der Waals surface area contributed by atoms with E-state index in [2.05, 4.69) is 15.2 Å². The number of aromatic nitrogens is 3. The number of ether oxygens (including phenoxy) is 1. The van der Waals surface area contributed by atoms with Crippen LogP contribution in [-0.4, -0.2) is 22.3 Å². The van der Waals surface area contributed by atoms with E-state index in [0.29, 0.717) is 17.4 Å². The first-order valence-electron chi connectivity index (χ1n) is 7.14. The van der Waals surface area contributed by atoms with E-state index in [9.17, 15) is 0 Å². The lowest BCUT2D eigenvalue weighted by Gasteiger charge is -2.18. The van der Waals surface area contributed by atoms with E-state index in [1.54, 1.807) is 13.2 Å². The van der Waals surface area contributed by atoms with Crippen LogP contribution < -0.4 is 10.5 Å². The van der Waals surface area contributed by atoms with Gasteiger partial charge >= 0.3 is 0 Å². The van der Waals surface area contributed by atoms with E-state index in [0.717, 1.165) is 17.1 Å². The number of nitrogens with two attached hydrogens (primary N) is 1. The molecule has 106 valence electrons. The summed E-state index contributed by atoms with van der Waals surface area (Å²) in [5.74, 6) is 2.93. The average Bonchev–Trinajstić information content (AvgIpc) is 2.97. The summed E-state index contributed by atoms with van der Waals surface area (Å²) < 4.78 is 5.16. The van der Waals surface area contributed by atoms with Crippen molar-refractivity contribution >= 4 is 5.69 Å². The van der Waals surface area contributed by atoms with Gasteiger partial charge in [-0.05, 0) is 25.0 Å². The van der Waals surface area contributed by atoms with Crippen molar-refractivity contribution in [1.29, 1.82) is 0 Å². The lowest BCUT2D eigenvalue weighted by Crippen LogP contribution is -2.06. The Kier molecular flexibility index (Phi) is 3.58. The summed E-state index contributed by atoms with van der Waals surface area (Å²) in [4.78, 5) is 4.63. The average molecular weight is 272 g/mol. The lowest BCUT2D eigenvalue weighted by molar-refractivity contribution is 0.415. The minimum absolute atomic E-state index is 0.518. The summed E-state index contributed by atoms with van der Waals surface area (Å²) in [5, 5.41) is 7.40. The molecule has 0 atom stereocenters. The van der Waals surface area contributed by atoms with E-state index >= 15 is 0 Å². The zero-order chi connectivity index (χ0) is 13.9. The molecule has 1 fully saturated rings. The smallest absolute Gasteiger partial charge is 0.183 e. The maximum Gasteiger partial charge on any atom is 0.183 e. The van der Waals surface area contributed by atoms with E-state index in [1.807, 2.05) is 12.1 Å². The Morgan fingerprint density at radius 2 is 2.05 bits per heavy atom. The fraction of sp³-hybridized carbons (Fsp3) is 0.467. The number of methoxy groups -OCH3 is 1. The highest BCUT2D eigenvalue weighted by Crippen LogP contribution is 2.32. The fourth-order valence-electron chi connectivity index (χ4n) is 2.82. The first kappa shape index (κ1) is 13.0.